The summed E-state index contributed by atoms with van der Waals surface area (Å²) in [6.07, 6.45) is 2.50. The average molecular weight is 396 g/mol. The molecule has 1 saturated heterocycles. The molecule has 29 heavy (non-hydrogen) atoms. The summed E-state index contributed by atoms with van der Waals surface area (Å²) in [7, 11) is 1.52. The number of nitrogens with zero attached hydrogens (tertiary/aromatic N) is 1. The third-order valence-corrected chi connectivity index (χ3v) is 5.17. The fourth-order valence-electron chi connectivity index (χ4n) is 3.67. The summed E-state index contributed by atoms with van der Waals surface area (Å²) in [5.41, 5.74) is 2.85. The van der Waals surface area contributed by atoms with Crippen LogP contribution < -0.4 is 15.5 Å². The Kier molecular flexibility index (Phi) is 7.64. The van der Waals surface area contributed by atoms with Crippen LogP contribution in [0.3, 0.4) is 0 Å². The molecule has 0 spiro atoms. The molecule has 1 fully saturated rings. The Labute approximate surface area is 172 Å². The van der Waals surface area contributed by atoms with E-state index in [-0.39, 0.29) is 24.5 Å². The first-order valence-electron chi connectivity index (χ1n) is 10.1. The van der Waals surface area contributed by atoms with E-state index in [2.05, 4.69) is 27.7 Å². The monoisotopic (exact) mass is 395 g/mol. The Bertz CT molecular complexity index is 802. The van der Waals surface area contributed by atoms with Crippen LogP contribution in [0.2, 0.25) is 0 Å². The SMILES string of the molecule is COCC(=O)NC1CCN(c2ccccc2C(=O)NCCc2ccccc2)CC1. The van der Waals surface area contributed by atoms with E-state index >= 15 is 0 Å². The highest BCUT2D eigenvalue weighted by Crippen LogP contribution is 2.24. The number of anilines is 1. The molecule has 3 rings (SSSR count). The van der Waals surface area contributed by atoms with E-state index in [0.717, 1.165) is 38.0 Å². The van der Waals surface area contributed by atoms with Crippen molar-refractivity contribution in [1.29, 1.82) is 0 Å². The number of rotatable bonds is 8. The lowest BCUT2D eigenvalue weighted by atomic mass is 10.0. The Morgan fingerprint density at radius 3 is 2.45 bits per heavy atom. The summed E-state index contributed by atoms with van der Waals surface area (Å²) < 4.78 is 4.87. The quantitative estimate of drug-likeness (QED) is 0.720. The number of hydrogen-bond acceptors (Lipinski definition) is 4. The molecule has 0 aliphatic carbocycles. The molecule has 0 saturated carbocycles. The van der Waals surface area contributed by atoms with E-state index in [1.165, 1.54) is 12.7 Å². The number of hydrogen-bond donors (Lipinski definition) is 2. The molecule has 2 aromatic carbocycles. The van der Waals surface area contributed by atoms with Gasteiger partial charge in [0.2, 0.25) is 5.91 Å². The van der Waals surface area contributed by atoms with Crippen molar-refractivity contribution >= 4 is 17.5 Å². The number of para-hydroxylation sites is 1. The number of benzene rings is 2. The zero-order chi connectivity index (χ0) is 20.5. The molecule has 6 nitrogen and oxygen atoms in total. The van der Waals surface area contributed by atoms with E-state index in [1.807, 2.05) is 42.5 Å². The topological polar surface area (TPSA) is 70.7 Å². The van der Waals surface area contributed by atoms with Crippen LogP contribution in [0.4, 0.5) is 5.69 Å². The minimum absolute atomic E-state index is 0.0490. The summed E-state index contributed by atoms with van der Waals surface area (Å²) in [5, 5.41) is 6.04. The third-order valence-electron chi connectivity index (χ3n) is 5.17. The van der Waals surface area contributed by atoms with Crippen LogP contribution in [-0.2, 0) is 16.0 Å². The molecule has 2 aromatic rings. The first-order valence-corrected chi connectivity index (χ1v) is 10.1. The van der Waals surface area contributed by atoms with Crippen molar-refractivity contribution in [3.63, 3.8) is 0 Å². The van der Waals surface area contributed by atoms with Crippen molar-refractivity contribution in [3.8, 4) is 0 Å². The fraction of sp³-hybridized carbons (Fsp3) is 0.391. The van der Waals surface area contributed by atoms with Gasteiger partial charge >= 0.3 is 0 Å². The number of methoxy groups -OCH3 is 1. The lowest BCUT2D eigenvalue weighted by Gasteiger charge is -2.34. The van der Waals surface area contributed by atoms with Gasteiger partial charge in [-0.3, -0.25) is 9.59 Å². The van der Waals surface area contributed by atoms with Gasteiger partial charge in [0.05, 0.1) is 5.56 Å². The highest BCUT2D eigenvalue weighted by molar-refractivity contribution is 5.99. The van der Waals surface area contributed by atoms with E-state index < -0.39 is 0 Å². The van der Waals surface area contributed by atoms with Gasteiger partial charge in [0.1, 0.15) is 6.61 Å². The van der Waals surface area contributed by atoms with Gasteiger partial charge in [-0.05, 0) is 37.0 Å². The van der Waals surface area contributed by atoms with Crippen LogP contribution in [-0.4, -0.2) is 51.2 Å². The van der Waals surface area contributed by atoms with Gasteiger partial charge in [-0.2, -0.15) is 0 Å². The second-order valence-corrected chi connectivity index (χ2v) is 7.27. The minimum Gasteiger partial charge on any atom is -0.375 e. The van der Waals surface area contributed by atoms with Crippen molar-refractivity contribution in [2.45, 2.75) is 25.3 Å². The standard InChI is InChI=1S/C23H29N3O3/c1-29-17-22(27)25-19-12-15-26(16-13-19)21-10-6-5-9-20(21)23(28)24-14-11-18-7-3-2-4-8-18/h2-10,19H,11-17H2,1H3,(H,24,28)(H,25,27). The van der Waals surface area contributed by atoms with Crippen LogP contribution in [0.1, 0.15) is 28.8 Å². The van der Waals surface area contributed by atoms with Crippen LogP contribution >= 0.6 is 0 Å². The normalized spacial score (nSPS) is 14.4. The third kappa shape index (κ3) is 6.06. The molecule has 6 heteroatoms. The Hall–Kier alpha value is -2.86. The molecule has 2 N–H and O–H groups in total. The zero-order valence-electron chi connectivity index (χ0n) is 16.9. The van der Waals surface area contributed by atoms with Gasteiger partial charge in [-0.25, -0.2) is 0 Å². The molecule has 1 aliphatic heterocycles. The highest BCUT2D eigenvalue weighted by Gasteiger charge is 2.23. The smallest absolute Gasteiger partial charge is 0.253 e. The molecule has 0 unspecified atom stereocenters. The molecular weight excluding hydrogens is 366 g/mol. The lowest BCUT2D eigenvalue weighted by molar-refractivity contribution is -0.125. The fourth-order valence-corrected chi connectivity index (χ4v) is 3.67. The largest absolute Gasteiger partial charge is 0.375 e. The van der Waals surface area contributed by atoms with E-state index in [9.17, 15) is 9.59 Å². The zero-order valence-corrected chi connectivity index (χ0v) is 16.9. The maximum atomic E-state index is 12.8. The van der Waals surface area contributed by atoms with Crippen molar-refractivity contribution in [1.82, 2.24) is 10.6 Å². The van der Waals surface area contributed by atoms with Gasteiger partial charge in [0, 0.05) is 38.5 Å². The van der Waals surface area contributed by atoms with Gasteiger partial charge in [-0.1, -0.05) is 42.5 Å². The molecular formula is C23H29N3O3. The maximum Gasteiger partial charge on any atom is 0.253 e. The second-order valence-electron chi connectivity index (χ2n) is 7.27. The second kappa shape index (κ2) is 10.6. The molecule has 2 amide bonds. The number of ether oxygens (including phenoxy) is 1. The van der Waals surface area contributed by atoms with Crippen LogP contribution in [0.15, 0.2) is 54.6 Å². The maximum absolute atomic E-state index is 12.8. The van der Waals surface area contributed by atoms with Crippen molar-refractivity contribution < 1.29 is 14.3 Å². The summed E-state index contributed by atoms with van der Waals surface area (Å²) in [6.45, 7) is 2.29. The van der Waals surface area contributed by atoms with Gasteiger partial charge < -0.3 is 20.3 Å². The first-order chi connectivity index (χ1) is 14.2. The van der Waals surface area contributed by atoms with Gasteiger partial charge in [0.25, 0.3) is 5.91 Å². The molecule has 0 bridgehead atoms. The first kappa shape index (κ1) is 20.9. The molecule has 0 radical (unpaired) electrons. The number of carbonyl (C=O) groups is 2. The number of piperidine rings is 1. The summed E-state index contributed by atoms with van der Waals surface area (Å²) in [4.78, 5) is 26.7. The van der Waals surface area contributed by atoms with E-state index in [0.29, 0.717) is 12.1 Å². The Balaban J connectivity index is 1.55. The Morgan fingerprint density at radius 2 is 1.72 bits per heavy atom. The molecule has 1 heterocycles. The minimum atomic E-state index is -0.0795. The summed E-state index contributed by atoms with van der Waals surface area (Å²) in [6, 6.07) is 18.0. The number of carbonyl (C=O) groups excluding carboxylic acids is 2. The molecule has 0 atom stereocenters. The van der Waals surface area contributed by atoms with Crippen LogP contribution in [0.5, 0.6) is 0 Å². The predicted octanol–water partition coefficient (Wildman–Crippen LogP) is 2.39. The van der Waals surface area contributed by atoms with Gasteiger partial charge in [-0.15, -0.1) is 0 Å². The van der Waals surface area contributed by atoms with Crippen LogP contribution in [0.25, 0.3) is 0 Å². The summed E-state index contributed by atoms with van der Waals surface area (Å²) in [5.74, 6) is -0.129. The molecule has 0 aromatic heterocycles. The number of amides is 2. The average Bonchev–Trinajstić information content (AvgIpc) is 2.75. The van der Waals surface area contributed by atoms with E-state index in [4.69, 9.17) is 4.74 Å². The van der Waals surface area contributed by atoms with Crippen molar-refractivity contribution in [2.75, 3.05) is 38.3 Å². The van der Waals surface area contributed by atoms with Crippen molar-refractivity contribution in [3.05, 3.63) is 65.7 Å². The van der Waals surface area contributed by atoms with Crippen LogP contribution in [0, 0.1) is 0 Å². The number of nitrogens with one attached hydrogen (secondary N) is 2. The summed E-state index contributed by atoms with van der Waals surface area (Å²) >= 11 is 0. The molecule has 154 valence electrons. The molecule has 1 aliphatic rings. The van der Waals surface area contributed by atoms with E-state index in [1.54, 1.807) is 0 Å². The highest BCUT2D eigenvalue weighted by atomic mass is 16.5. The lowest BCUT2D eigenvalue weighted by Crippen LogP contribution is -2.46. The van der Waals surface area contributed by atoms with Crippen molar-refractivity contribution in [2.24, 2.45) is 0 Å². The predicted molar refractivity (Wildman–Crippen MR) is 114 cm³/mol. The Morgan fingerprint density at radius 1 is 1.03 bits per heavy atom. The van der Waals surface area contributed by atoms with Gasteiger partial charge in [0.15, 0.2) is 0 Å².